The van der Waals surface area contributed by atoms with Gasteiger partial charge in [0.15, 0.2) is 0 Å². The van der Waals surface area contributed by atoms with Crippen molar-refractivity contribution in [3.05, 3.63) is 60.0 Å². The van der Waals surface area contributed by atoms with E-state index in [1.54, 1.807) is 4.90 Å². The SMILES string of the molecule is C=C(/C=C\C(=C/C)C1(O)CCC1)[C@@H]1CC[C@@H](C)CN1C(=O)C(=O)Nc1cncc(C(N)=O)c1. The lowest BCUT2D eigenvalue weighted by Gasteiger charge is -2.39. The molecule has 0 unspecified atom stereocenters. The summed E-state index contributed by atoms with van der Waals surface area (Å²) >= 11 is 0. The van der Waals surface area contributed by atoms with Gasteiger partial charge in [0.25, 0.3) is 0 Å². The van der Waals surface area contributed by atoms with Crippen molar-refractivity contribution in [3.63, 3.8) is 0 Å². The molecular weight excluding hydrogens is 420 g/mol. The van der Waals surface area contributed by atoms with Gasteiger partial charge in [0.2, 0.25) is 5.91 Å². The lowest BCUT2D eigenvalue weighted by Crippen LogP contribution is -2.50. The summed E-state index contributed by atoms with van der Waals surface area (Å²) in [6.07, 6.45) is 12.3. The van der Waals surface area contributed by atoms with E-state index in [-0.39, 0.29) is 23.2 Å². The van der Waals surface area contributed by atoms with E-state index in [4.69, 9.17) is 5.73 Å². The second-order valence-electron chi connectivity index (χ2n) is 8.97. The summed E-state index contributed by atoms with van der Waals surface area (Å²) < 4.78 is 0. The van der Waals surface area contributed by atoms with Crippen LogP contribution in [0.2, 0.25) is 0 Å². The average molecular weight is 453 g/mol. The van der Waals surface area contributed by atoms with E-state index >= 15 is 0 Å². The van der Waals surface area contributed by atoms with Crippen LogP contribution in [0.1, 0.15) is 56.3 Å². The Morgan fingerprint density at radius 1 is 1.27 bits per heavy atom. The number of pyridine rings is 1. The van der Waals surface area contributed by atoms with Gasteiger partial charge in [0.1, 0.15) is 0 Å². The number of nitrogens with zero attached hydrogens (tertiary/aromatic N) is 2. The number of aromatic nitrogens is 1. The number of hydrogen-bond donors (Lipinski definition) is 3. The van der Waals surface area contributed by atoms with Gasteiger partial charge in [-0.05, 0) is 62.2 Å². The lowest BCUT2D eigenvalue weighted by molar-refractivity contribution is -0.145. The van der Waals surface area contributed by atoms with Crippen molar-refractivity contribution in [2.45, 2.75) is 57.6 Å². The number of allylic oxidation sites excluding steroid dienone is 1. The van der Waals surface area contributed by atoms with Crippen LogP contribution >= 0.6 is 0 Å². The van der Waals surface area contributed by atoms with E-state index in [1.807, 2.05) is 32.1 Å². The molecule has 8 heteroatoms. The number of rotatable bonds is 6. The van der Waals surface area contributed by atoms with E-state index in [0.717, 1.165) is 31.3 Å². The molecule has 1 saturated carbocycles. The number of nitrogens with two attached hydrogens (primary N) is 1. The van der Waals surface area contributed by atoms with Crippen LogP contribution in [-0.2, 0) is 9.59 Å². The number of primary amides is 1. The highest BCUT2D eigenvalue weighted by Gasteiger charge is 2.37. The molecule has 2 atom stereocenters. The number of carbonyl (C=O) groups excluding carboxylic acids is 3. The molecule has 1 saturated heterocycles. The average Bonchev–Trinajstić information content (AvgIpc) is 2.77. The highest BCUT2D eigenvalue weighted by molar-refractivity contribution is 6.39. The summed E-state index contributed by atoms with van der Waals surface area (Å²) in [5.74, 6) is -1.91. The number of amides is 3. The molecule has 3 rings (SSSR count). The predicted molar refractivity (Wildman–Crippen MR) is 126 cm³/mol. The van der Waals surface area contributed by atoms with Crippen molar-refractivity contribution in [3.8, 4) is 0 Å². The Morgan fingerprint density at radius 3 is 2.61 bits per heavy atom. The maximum Gasteiger partial charge on any atom is 0.313 e. The van der Waals surface area contributed by atoms with Gasteiger partial charge in [-0.15, -0.1) is 0 Å². The maximum atomic E-state index is 13.1. The van der Waals surface area contributed by atoms with Crippen molar-refractivity contribution >= 4 is 23.4 Å². The molecule has 3 amide bonds. The molecule has 0 bridgehead atoms. The number of piperidine rings is 1. The van der Waals surface area contributed by atoms with Crippen molar-refractivity contribution in [2.24, 2.45) is 11.7 Å². The van der Waals surface area contributed by atoms with E-state index in [0.29, 0.717) is 18.5 Å². The van der Waals surface area contributed by atoms with Crippen molar-refractivity contribution < 1.29 is 19.5 Å². The Labute approximate surface area is 194 Å². The number of carbonyl (C=O) groups is 3. The van der Waals surface area contributed by atoms with Crippen LogP contribution in [0.4, 0.5) is 5.69 Å². The zero-order valence-corrected chi connectivity index (χ0v) is 19.2. The van der Waals surface area contributed by atoms with Gasteiger partial charge in [0, 0.05) is 12.7 Å². The summed E-state index contributed by atoms with van der Waals surface area (Å²) in [6, 6.07) is 1.06. The van der Waals surface area contributed by atoms with Gasteiger partial charge in [-0.2, -0.15) is 0 Å². The summed E-state index contributed by atoms with van der Waals surface area (Å²) in [5.41, 5.74) is 6.38. The van der Waals surface area contributed by atoms with Crippen LogP contribution in [0, 0.1) is 5.92 Å². The molecule has 0 aromatic carbocycles. The maximum absolute atomic E-state index is 13.1. The molecule has 1 aliphatic carbocycles. The molecule has 8 nitrogen and oxygen atoms in total. The minimum Gasteiger partial charge on any atom is -0.385 e. The number of hydrogen-bond acceptors (Lipinski definition) is 5. The van der Waals surface area contributed by atoms with E-state index in [9.17, 15) is 19.5 Å². The minimum atomic E-state index is -0.813. The molecule has 0 spiro atoms. The molecule has 1 aromatic heterocycles. The monoisotopic (exact) mass is 452 g/mol. The molecule has 2 aliphatic rings. The van der Waals surface area contributed by atoms with Crippen molar-refractivity contribution in [2.75, 3.05) is 11.9 Å². The van der Waals surface area contributed by atoms with Crippen LogP contribution in [0.25, 0.3) is 0 Å². The molecule has 2 heterocycles. The third-order valence-electron chi connectivity index (χ3n) is 6.49. The molecule has 2 fully saturated rings. The van der Waals surface area contributed by atoms with Gasteiger partial charge in [0.05, 0.1) is 29.1 Å². The summed E-state index contributed by atoms with van der Waals surface area (Å²) in [7, 11) is 0. The molecular formula is C25H32N4O4. The fourth-order valence-electron chi connectivity index (χ4n) is 4.35. The Bertz CT molecular complexity index is 1010. The first-order valence-electron chi connectivity index (χ1n) is 11.3. The second kappa shape index (κ2) is 10.1. The van der Waals surface area contributed by atoms with Crippen LogP contribution in [-0.4, -0.2) is 50.9 Å². The zero-order valence-electron chi connectivity index (χ0n) is 19.2. The summed E-state index contributed by atoms with van der Waals surface area (Å²) in [4.78, 5) is 42.6. The Kier molecular flexibility index (Phi) is 7.48. The third-order valence-corrected chi connectivity index (χ3v) is 6.49. The van der Waals surface area contributed by atoms with E-state index in [1.165, 1.54) is 18.5 Å². The highest BCUT2D eigenvalue weighted by atomic mass is 16.3. The first kappa shape index (κ1) is 24.4. The Hall–Kier alpha value is -3.26. The van der Waals surface area contributed by atoms with Gasteiger partial charge in [-0.3, -0.25) is 19.4 Å². The Morgan fingerprint density at radius 2 is 2.00 bits per heavy atom. The van der Waals surface area contributed by atoms with Gasteiger partial charge >= 0.3 is 11.8 Å². The minimum absolute atomic E-state index is 0.135. The second-order valence-corrected chi connectivity index (χ2v) is 8.97. The number of nitrogens with one attached hydrogen (secondary N) is 1. The quantitative estimate of drug-likeness (QED) is 0.452. The molecule has 1 aromatic rings. The largest absolute Gasteiger partial charge is 0.385 e. The number of likely N-dealkylation sites (tertiary alicyclic amines) is 1. The number of anilines is 1. The fraction of sp³-hybridized carbons (Fsp3) is 0.440. The van der Waals surface area contributed by atoms with Crippen molar-refractivity contribution in [1.29, 1.82) is 0 Å². The molecule has 4 N–H and O–H groups in total. The van der Waals surface area contributed by atoms with Crippen molar-refractivity contribution in [1.82, 2.24) is 9.88 Å². The number of aliphatic hydroxyl groups is 1. The van der Waals surface area contributed by atoms with Gasteiger partial charge in [-0.1, -0.05) is 31.7 Å². The smallest absolute Gasteiger partial charge is 0.313 e. The zero-order chi connectivity index (χ0) is 24.2. The lowest BCUT2D eigenvalue weighted by atomic mass is 9.74. The summed E-state index contributed by atoms with van der Waals surface area (Å²) in [6.45, 7) is 8.53. The molecule has 33 heavy (non-hydrogen) atoms. The highest BCUT2D eigenvalue weighted by Crippen LogP contribution is 2.39. The molecule has 1 aliphatic heterocycles. The first-order chi connectivity index (χ1) is 15.6. The summed E-state index contributed by atoms with van der Waals surface area (Å²) in [5, 5.41) is 13.1. The van der Waals surface area contributed by atoms with Gasteiger partial charge in [-0.25, -0.2) is 0 Å². The third kappa shape index (κ3) is 5.57. The molecule has 176 valence electrons. The van der Waals surface area contributed by atoms with E-state index < -0.39 is 23.3 Å². The van der Waals surface area contributed by atoms with Crippen LogP contribution < -0.4 is 11.1 Å². The van der Waals surface area contributed by atoms with E-state index in [2.05, 4.69) is 16.9 Å². The van der Waals surface area contributed by atoms with Crippen LogP contribution in [0.15, 0.2) is 54.4 Å². The first-order valence-corrected chi connectivity index (χ1v) is 11.3. The normalized spacial score (nSPS) is 22.5. The topological polar surface area (TPSA) is 126 Å². The molecule has 0 radical (unpaired) electrons. The fourth-order valence-corrected chi connectivity index (χ4v) is 4.35. The van der Waals surface area contributed by atoms with Crippen LogP contribution in [0.5, 0.6) is 0 Å². The standard InChI is InChI=1S/C25H32N4O4/c1-4-19(25(33)10-5-11-25)8-7-17(3)21-9-6-16(2)15-29(21)24(32)23(31)28-20-12-18(22(26)30)13-27-14-20/h4,7-8,12-14,16,21,33H,3,5-6,9-11,15H2,1-2H3,(H2,26,30)(H,28,31)/b8-7-,19-4+/t16-,21+/m1/s1. The predicted octanol–water partition coefficient (Wildman–Crippen LogP) is 2.72. The van der Waals surface area contributed by atoms with Crippen LogP contribution in [0.3, 0.4) is 0 Å². The Balaban J connectivity index is 1.73. The van der Waals surface area contributed by atoms with Gasteiger partial charge < -0.3 is 21.1 Å².